The van der Waals surface area contributed by atoms with Crippen molar-refractivity contribution in [3.05, 3.63) is 95.4 Å². The maximum atomic E-state index is 13.3. The molecule has 4 aromatic rings. The van der Waals surface area contributed by atoms with Crippen molar-refractivity contribution in [2.24, 2.45) is 0 Å². The summed E-state index contributed by atoms with van der Waals surface area (Å²) >= 11 is 1.30. The van der Waals surface area contributed by atoms with E-state index in [1.807, 2.05) is 54.6 Å². The van der Waals surface area contributed by atoms with E-state index in [-0.39, 0.29) is 37.1 Å². The van der Waals surface area contributed by atoms with Crippen LogP contribution in [-0.2, 0) is 17.9 Å². The van der Waals surface area contributed by atoms with Crippen molar-refractivity contribution in [3.8, 4) is 5.75 Å². The normalized spacial score (nSPS) is 10.5. The number of benzene rings is 2. The summed E-state index contributed by atoms with van der Waals surface area (Å²) in [4.78, 5) is 31.9. The van der Waals surface area contributed by atoms with Crippen LogP contribution in [0.1, 0.15) is 21.8 Å². The molecule has 0 fully saturated rings. The summed E-state index contributed by atoms with van der Waals surface area (Å²) in [5.41, 5.74) is 1.92. The molecule has 2 N–H and O–H groups in total. The molecule has 2 heterocycles. The molecule has 0 aliphatic heterocycles. The minimum absolute atomic E-state index is 0.110. The van der Waals surface area contributed by atoms with Gasteiger partial charge in [-0.1, -0.05) is 42.5 Å². The lowest BCUT2D eigenvalue weighted by molar-refractivity contribution is -0.122. The monoisotopic (exact) mass is 476 g/mol. The Morgan fingerprint density at radius 3 is 2.62 bits per heavy atom. The highest BCUT2D eigenvalue weighted by atomic mass is 32.1. The minimum Gasteiger partial charge on any atom is -0.495 e. The Kier molecular flexibility index (Phi) is 7.56. The van der Waals surface area contributed by atoms with Gasteiger partial charge in [0.25, 0.3) is 5.91 Å². The summed E-state index contributed by atoms with van der Waals surface area (Å²) in [5.74, 6) is 0.690. The third kappa shape index (κ3) is 6.02. The number of carbonyl (C=O) groups is 2. The Balaban J connectivity index is 1.47. The molecule has 0 saturated heterocycles. The molecule has 2 aromatic carbocycles. The zero-order chi connectivity index (χ0) is 23.8. The topological polar surface area (TPSA) is 96.7 Å². The van der Waals surface area contributed by atoms with Crippen molar-refractivity contribution < 1.29 is 18.7 Å². The van der Waals surface area contributed by atoms with Crippen molar-refractivity contribution >= 4 is 34.0 Å². The fraction of sp³-hybridized carbons (Fsp3) is 0.160. The fourth-order valence-corrected chi connectivity index (χ4v) is 3.98. The lowest BCUT2D eigenvalue weighted by Gasteiger charge is -2.21. The number of aromatic nitrogens is 1. The van der Waals surface area contributed by atoms with Gasteiger partial charge in [-0.15, -0.1) is 11.3 Å². The van der Waals surface area contributed by atoms with Gasteiger partial charge in [-0.2, -0.15) is 0 Å². The molecule has 0 aliphatic carbocycles. The zero-order valence-corrected chi connectivity index (χ0v) is 19.4. The third-order valence-corrected chi connectivity index (χ3v) is 5.71. The second kappa shape index (κ2) is 11.2. The van der Waals surface area contributed by atoms with Gasteiger partial charge in [0.15, 0.2) is 5.13 Å². The van der Waals surface area contributed by atoms with Crippen LogP contribution in [0.25, 0.3) is 0 Å². The van der Waals surface area contributed by atoms with Gasteiger partial charge in [0.2, 0.25) is 5.91 Å². The molecule has 4 rings (SSSR count). The first-order chi connectivity index (χ1) is 16.6. The lowest BCUT2D eigenvalue weighted by atomic mass is 10.2. The molecule has 0 atom stereocenters. The molecule has 0 spiro atoms. The number of hydrogen-bond acceptors (Lipinski definition) is 7. The van der Waals surface area contributed by atoms with E-state index in [1.54, 1.807) is 30.9 Å². The van der Waals surface area contributed by atoms with Crippen molar-refractivity contribution in [2.75, 3.05) is 19.0 Å². The fourth-order valence-electron chi connectivity index (χ4n) is 3.29. The van der Waals surface area contributed by atoms with E-state index in [0.29, 0.717) is 16.6 Å². The summed E-state index contributed by atoms with van der Waals surface area (Å²) < 4.78 is 10.6. The Morgan fingerprint density at radius 1 is 1.06 bits per heavy atom. The van der Waals surface area contributed by atoms with Gasteiger partial charge in [0.1, 0.15) is 23.7 Å². The Hall–Kier alpha value is -4.11. The van der Waals surface area contributed by atoms with Crippen LogP contribution in [0.5, 0.6) is 5.75 Å². The molecular formula is C25H24N4O4S. The quantitative estimate of drug-likeness (QED) is 0.351. The lowest BCUT2D eigenvalue weighted by Crippen LogP contribution is -2.40. The molecule has 8 nitrogen and oxygen atoms in total. The molecule has 34 heavy (non-hydrogen) atoms. The number of furan rings is 1. The maximum absolute atomic E-state index is 13.3. The van der Waals surface area contributed by atoms with Crippen molar-refractivity contribution in [3.63, 3.8) is 0 Å². The number of hydrogen-bond donors (Lipinski definition) is 2. The summed E-state index contributed by atoms with van der Waals surface area (Å²) in [6, 6.07) is 20.5. The molecule has 0 bridgehead atoms. The van der Waals surface area contributed by atoms with Crippen molar-refractivity contribution in [1.82, 2.24) is 15.2 Å². The molecule has 0 saturated carbocycles. The van der Waals surface area contributed by atoms with Crippen LogP contribution in [0.15, 0.2) is 82.8 Å². The van der Waals surface area contributed by atoms with Crippen molar-refractivity contribution in [2.45, 2.75) is 13.1 Å². The molecule has 2 amide bonds. The molecule has 174 valence electrons. The minimum atomic E-state index is -0.332. The van der Waals surface area contributed by atoms with Crippen LogP contribution < -0.4 is 15.4 Å². The summed E-state index contributed by atoms with van der Waals surface area (Å²) in [6.45, 7) is 0.421. The van der Waals surface area contributed by atoms with Gasteiger partial charge in [-0.3, -0.25) is 9.59 Å². The number of methoxy groups -OCH3 is 1. The Labute approximate surface area is 201 Å². The van der Waals surface area contributed by atoms with Crippen LogP contribution in [0.3, 0.4) is 0 Å². The molecule has 9 heteroatoms. The second-order valence-corrected chi connectivity index (χ2v) is 8.22. The number of anilines is 2. The van der Waals surface area contributed by atoms with E-state index in [0.717, 1.165) is 11.3 Å². The summed E-state index contributed by atoms with van der Waals surface area (Å²) in [7, 11) is 1.59. The summed E-state index contributed by atoms with van der Waals surface area (Å²) in [6.07, 6.45) is 1.55. The number of carbonyl (C=O) groups excluding carboxylic acids is 2. The van der Waals surface area contributed by atoms with Crippen LogP contribution in [0, 0.1) is 0 Å². The number of amides is 2. The predicted octanol–water partition coefficient (Wildman–Crippen LogP) is 4.45. The van der Waals surface area contributed by atoms with E-state index < -0.39 is 0 Å². The van der Waals surface area contributed by atoms with Gasteiger partial charge in [-0.05, 0) is 29.8 Å². The van der Waals surface area contributed by atoms with Gasteiger partial charge in [0.05, 0.1) is 25.6 Å². The van der Waals surface area contributed by atoms with Crippen LogP contribution >= 0.6 is 11.3 Å². The van der Waals surface area contributed by atoms with Crippen LogP contribution in [-0.4, -0.2) is 35.4 Å². The molecule has 0 radical (unpaired) electrons. The van der Waals surface area contributed by atoms with Crippen LogP contribution in [0.4, 0.5) is 10.8 Å². The standard InChI is InChI=1S/C25H24N4O4S/c1-32-22-12-6-5-11-20(22)27-25-28-21(17-34-25)24(31)29(15-18-8-3-2-4-9-18)16-23(30)26-14-19-10-7-13-33-19/h2-13,17H,14-16H2,1H3,(H,26,30)(H,27,28). The van der Waals surface area contributed by atoms with Gasteiger partial charge in [-0.25, -0.2) is 4.98 Å². The Morgan fingerprint density at radius 2 is 1.85 bits per heavy atom. The number of para-hydroxylation sites is 2. The Bertz CT molecular complexity index is 1220. The summed E-state index contributed by atoms with van der Waals surface area (Å²) in [5, 5.41) is 8.20. The van der Waals surface area contributed by atoms with Gasteiger partial charge >= 0.3 is 0 Å². The third-order valence-electron chi connectivity index (χ3n) is 4.95. The van der Waals surface area contributed by atoms with Crippen LogP contribution in [0.2, 0.25) is 0 Å². The van der Waals surface area contributed by atoms with E-state index in [1.165, 1.54) is 16.2 Å². The zero-order valence-electron chi connectivity index (χ0n) is 18.6. The van der Waals surface area contributed by atoms with Gasteiger partial charge < -0.3 is 24.7 Å². The highest BCUT2D eigenvalue weighted by molar-refractivity contribution is 7.14. The predicted molar refractivity (Wildman–Crippen MR) is 130 cm³/mol. The highest BCUT2D eigenvalue weighted by Gasteiger charge is 2.22. The number of ether oxygens (including phenoxy) is 1. The number of nitrogens with one attached hydrogen (secondary N) is 2. The first kappa shape index (κ1) is 23.1. The molecule has 0 aliphatic rings. The number of nitrogens with zero attached hydrogens (tertiary/aromatic N) is 2. The number of thiazole rings is 1. The molecule has 2 aromatic heterocycles. The highest BCUT2D eigenvalue weighted by Crippen LogP contribution is 2.29. The smallest absolute Gasteiger partial charge is 0.274 e. The molecule has 0 unspecified atom stereocenters. The van der Waals surface area contributed by atoms with E-state index in [2.05, 4.69) is 15.6 Å². The van der Waals surface area contributed by atoms with E-state index in [9.17, 15) is 9.59 Å². The van der Waals surface area contributed by atoms with Gasteiger partial charge in [0, 0.05) is 11.9 Å². The second-order valence-electron chi connectivity index (χ2n) is 7.37. The first-order valence-electron chi connectivity index (χ1n) is 10.6. The average molecular weight is 477 g/mol. The average Bonchev–Trinajstić information content (AvgIpc) is 3.55. The maximum Gasteiger partial charge on any atom is 0.274 e. The van der Waals surface area contributed by atoms with E-state index in [4.69, 9.17) is 9.15 Å². The van der Waals surface area contributed by atoms with Crippen molar-refractivity contribution in [1.29, 1.82) is 0 Å². The molecular weight excluding hydrogens is 452 g/mol. The first-order valence-corrected chi connectivity index (χ1v) is 11.5. The largest absolute Gasteiger partial charge is 0.495 e. The van der Waals surface area contributed by atoms with E-state index >= 15 is 0 Å². The number of rotatable bonds is 10. The SMILES string of the molecule is COc1ccccc1Nc1nc(C(=O)N(CC(=O)NCc2ccco2)Cc2ccccc2)cs1.